The van der Waals surface area contributed by atoms with Gasteiger partial charge in [0.15, 0.2) is 5.13 Å². The van der Waals surface area contributed by atoms with Crippen molar-refractivity contribution in [3.63, 3.8) is 0 Å². The van der Waals surface area contributed by atoms with Crippen molar-refractivity contribution in [1.82, 2.24) is 10.3 Å². The van der Waals surface area contributed by atoms with Crippen molar-refractivity contribution in [2.75, 3.05) is 26.1 Å². The van der Waals surface area contributed by atoms with Crippen LogP contribution in [0.5, 0.6) is 5.88 Å². The largest absolute Gasteiger partial charge is 0.480 e. The molecule has 0 aliphatic heterocycles. The van der Waals surface area contributed by atoms with Crippen molar-refractivity contribution < 1.29 is 4.74 Å². The van der Waals surface area contributed by atoms with Crippen LogP contribution in [0.25, 0.3) is 0 Å². The zero-order chi connectivity index (χ0) is 13.1. The van der Waals surface area contributed by atoms with Crippen LogP contribution in [-0.2, 0) is 6.54 Å². The number of rotatable bonds is 6. The zero-order valence-corrected chi connectivity index (χ0v) is 12.5. The lowest BCUT2D eigenvalue weighted by Crippen LogP contribution is -2.36. The summed E-state index contributed by atoms with van der Waals surface area (Å²) in [6, 6.07) is 0.591. The Kier molecular flexibility index (Phi) is 4.45. The van der Waals surface area contributed by atoms with Gasteiger partial charge in [0, 0.05) is 26.7 Å². The highest BCUT2D eigenvalue weighted by Gasteiger charge is 2.24. The van der Waals surface area contributed by atoms with E-state index < -0.39 is 0 Å². The molecule has 1 aromatic heterocycles. The fourth-order valence-electron chi connectivity index (χ4n) is 2.15. The van der Waals surface area contributed by atoms with Crippen molar-refractivity contribution in [2.24, 2.45) is 5.92 Å². The smallest absolute Gasteiger partial charge is 0.230 e. The van der Waals surface area contributed by atoms with Gasteiger partial charge in [0.2, 0.25) is 5.88 Å². The first-order chi connectivity index (χ1) is 8.61. The second-order valence-electron chi connectivity index (χ2n) is 5.18. The van der Waals surface area contributed by atoms with Crippen molar-refractivity contribution in [3.05, 3.63) is 4.88 Å². The first kappa shape index (κ1) is 13.6. The Bertz CT molecular complexity index is 388. The fourth-order valence-corrected chi connectivity index (χ4v) is 3.05. The third-order valence-electron chi connectivity index (χ3n) is 3.67. The topological polar surface area (TPSA) is 37.4 Å². The van der Waals surface area contributed by atoms with Gasteiger partial charge in [-0.2, -0.15) is 4.98 Å². The van der Waals surface area contributed by atoms with E-state index in [9.17, 15) is 0 Å². The molecule has 4 nitrogen and oxygen atoms in total. The normalized spacial score (nSPS) is 17.3. The molecule has 1 fully saturated rings. The maximum absolute atomic E-state index is 5.34. The minimum atomic E-state index is 0.591. The van der Waals surface area contributed by atoms with E-state index in [-0.39, 0.29) is 0 Å². The maximum atomic E-state index is 5.34. The third-order valence-corrected chi connectivity index (χ3v) is 4.87. The molecule has 102 valence electrons. The van der Waals surface area contributed by atoms with Gasteiger partial charge in [0.05, 0.1) is 12.0 Å². The molecule has 0 aromatic carbocycles. The number of anilines is 1. The van der Waals surface area contributed by atoms with Crippen molar-refractivity contribution >= 4 is 16.5 Å². The molecular weight excluding hydrogens is 246 g/mol. The molecule has 1 saturated carbocycles. The summed E-state index contributed by atoms with van der Waals surface area (Å²) in [4.78, 5) is 7.67. The number of hydrogen-bond acceptors (Lipinski definition) is 5. The van der Waals surface area contributed by atoms with Crippen LogP contribution in [0, 0.1) is 5.92 Å². The lowest BCUT2D eigenvalue weighted by atomic mass is 9.80. The first-order valence-corrected chi connectivity index (χ1v) is 7.38. The summed E-state index contributed by atoms with van der Waals surface area (Å²) >= 11 is 1.70. The van der Waals surface area contributed by atoms with E-state index in [0.717, 1.165) is 23.5 Å². The number of thiazole rings is 1. The van der Waals surface area contributed by atoms with Crippen LogP contribution in [0.1, 0.15) is 31.1 Å². The molecule has 0 bridgehead atoms. The van der Waals surface area contributed by atoms with Crippen LogP contribution in [0.15, 0.2) is 0 Å². The van der Waals surface area contributed by atoms with Crippen molar-refractivity contribution in [1.29, 1.82) is 0 Å². The monoisotopic (exact) mass is 269 g/mol. The summed E-state index contributed by atoms with van der Waals surface area (Å²) in [5, 5.41) is 4.60. The quantitative estimate of drug-likeness (QED) is 0.861. The van der Waals surface area contributed by atoms with Crippen molar-refractivity contribution in [2.45, 2.75) is 38.8 Å². The molecule has 0 radical (unpaired) electrons. The van der Waals surface area contributed by atoms with E-state index in [4.69, 9.17) is 4.74 Å². The summed E-state index contributed by atoms with van der Waals surface area (Å²) in [5.41, 5.74) is 0. The van der Waals surface area contributed by atoms with Gasteiger partial charge in [-0.1, -0.05) is 17.8 Å². The first-order valence-electron chi connectivity index (χ1n) is 6.56. The van der Waals surface area contributed by atoms with Gasteiger partial charge in [0.1, 0.15) is 0 Å². The van der Waals surface area contributed by atoms with Crippen LogP contribution in [-0.4, -0.2) is 32.2 Å². The predicted molar refractivity (Wildman–Crippen MR) is 76.6 cm³/mol. The summed E-state index contributed by atoms with van der Waals surface area (Å²) < 4.78 is 5.34. The molecule has 0 amide bonds. The van der Waals surface area contributed by atoms with E-state index in [1.54, 1.807) is 18.4 Å². The highest BCUT2D eigenvalue weighted by Crippen LogP contribution is 2.32. The van der Waals surface area contributed by atoms with E-state index >= 15 is 0 Å². The molecule has 0 spiro atoms. The number of ether oxygens (including phenoxy) is 1. The minimum Gasteiger partial charge on any atom is -0.480 e. The standard InChI is InChI=1S/C13H23N3OS/c1-9(10-6-5-7-10)14-8-11-12(17-4)15-13(18-11)16(2)3/h9-10,14H,5-8H2,1-4H3. The number of nitrogens with zero attached hydrogens (tertiary/aromatic N) is 2. The Morgan fingerprint density at radius 3 is 2.72 bits per heavy atom. The Morgan fingerprint density at radius 2 is 2.22 bits per heavy atom. The predicted octanol–water partition coefficient (Wildman–Crippen LogP) is 2.50. The van der Waals surface area contributed by atoms with Gasteiger partial charge < -0.3 is 15.0 Å². The average Bonchev–Trinajstić information content (AvgIpc) is 2.67. The number of nitrogens with one attached hydrogen (secondary N) is 1. The van der Waals surface area contributed by atoms with E-state index in [0.29, 0.717) is 6.04 Å². The Balaban J connectivity index is 1.94. The molecule has 1 aromatic rings. The van der Waals surface area contributed by atoms with E-state index in [2.05, 4.69) is 17.2 Å². The molecule has 1 N–H and O–H groups in total. The number of hydrogen-bond donors (Lipinski definition) is 1. The highest BCUT2D eigenvalue weighted by molar-refractivity contribution is 7.15. The molecule has 0 saturated heterocycles. The van der Waals surface area contributed by atoms with E-state index in [1.807, 2.05) is 19.0 Å². The molecule has 5 heteroatoms. The van der Waals surface area contributed by atoms with Gasteiger partial charge in [-0.25, -0.2) is 0 Å². The van der Waals surface area contributed by atoms with Gasteiger partial charge >= 0.3 is 0 Å². The highest BCUT2D eigenvalue weighted by atomic mass is 32.1. The van der Waals surface area contributed by atoms with Gasteiger partial charge in [-0.3, -0.25) is 0 Å². The molecule has 18 heavy (non-hydrogen) atoms. The van der Waals surface area contributed by atoms with Gasteiger partial charge in [-0.15, -0.1) is 0 Å². The Labute approximate surface area is 113 Å². The molecule has 2 rings (SSSR count). The third kappa shape index (κ3) is 2.95. The lowest BCUT2D eigenvalue weighted by molar-refractivity contribution is 0.240. The molecule has 1 aliphatic rings. The average molecular weight is 269 g/mol. The van der Waals surface area contributed by atoms with Crippen LogP contribution < -0.4 is 15.0 Å². The van der Waals surface area contributed by atoms with E-state index in [1.165, 1.54) is 24.1 Å². The molecule has 1 heterocycles. The fraction of sp³-hybridized carbons (Fsp3) is 0.769. The lowest BCUT2D eigenvalue weighted by Gasteiger charge is -2.31. The number of methoxy groups -OCH3 is 1. The van der Waals surface area contributed by atoms with Crippen LogP contribution >= 0.6 is 11.3 Å². The minimum absolute atomic E-state index is 0.591. The molecule has 1 unspecified atom stereocenters. The number of aromatic nitrogens is 1. The van der Waals surface area contributed by atoms with Gasteiger partial charge in [-0.05, 0) is 25.7 Å². The summed E-state index contributed by atoms with van der Waals surface area (Å²) in [6.07, 6.45) is 4.14. The molecular formula is C13H23N3OS. The maximum Gasteiger partial charge on any atom is 0.230 e. The van der Waals surface area contributed by atoms with Crippen LogP contribution in [0.3, 0.4) is 0 Å². The SMILES string of the molecule is COc1nc(N(C)C)sc1CNC(C)C1CCC1. The van der Waals surface area contributed by atoms with Gasteiger partial charge in [0.25, 0.3) is 0 Å². The van der Waals surface area contributed by atoms with Crippen LogP contribution in [0.4, 0.5) is 5.13 Å². The van der Waals surface area contributed by atoms with Crippen molar-refractivity contribution in [3.8, 4) is 5.88 Å². The zero-order valence-electron chi connectivity index (χ0n) is 11.7. The molecule has 1 aliphatic carbocycles. The Morgan fingerprint density at radius 1 is 1.50 bits per heavy atom. The summed E-state index contributed by atoms with van der Waals surface area (Å²) in [6.45, 7) is 3.14. The second kappa shape index (κ2) is 5.89. The summed E-state index contributed by atoms with van der Waals surface area (Å²) in [7, 11) is 5.70. The second-order valence-corrected chi connectivity index (χ2v) is 6.25. The molecule has 1 atom stereocenters. The Hall–Kier alpha value is -0.810. The summed E-state index contributed by atoms with van der Waals surface area (Å²) in [5.74, 6) is 1.62. The van der Waals surface area contributed by atoms with Crippen LogP contribution in [0.2, 0.25) is 0 Å².